The van der Waals surface area contributed by atoms with Crippen molar-refractivity contribution in [2.24, 2.45) is 10.7 Å². The third-order valence-electron chi connectivity index (χ3n) is 3.90. The van der Waals surface area contributed by atoms with Crippen molar-refractivity contribution < 1.29 is 0 Å². The fraction of sp³-hybridized carbons (Fsp3) is 0.562. The van der Waals surface area contributed by atoms with E-state index in [1.807, 2.05) is 18.2 Å². The van der Waals surface area contributed by atoms with Crippen molar-refractivity contribution in [1.82, 2.24) is 0 Å². The van der Waals surface area contributed by atoms with E-state index in [0.717, 1.165) is 23.1 Å². The van der Waals surface area contributed by atoms with E-state index in [0.29, 0.717) is 17.0 Å². The zero-order chi connectivity index (χ0) is 15.2. The molecule has 0 amide bonds. The van der Waals surface area contributed by atoms with Crippen LogP contribution in [-0.4, -0.2) is 18.5 Å². The summed E-state index contributed by atoms with van der Waals surface area (Å²) in [6, 6.07) is 6.29. The number of rotatable bonds is 7. The van der Waals surface area contributed by atoms with E-state index >= 15 is 0 Å². The van der Waals surface area contributed by atoms with Gasteiger partial charge in [-0.15, -0.1) is 0 Å². The summed E-state index contributed by atoms with van der Waals surface area (Å²) in [5.74, 6) is 0.614. The first-order valence-corrected chi connectivity index (χ1v) is 8.84. The van der Waals surface area contributed by atoms with Gasteiger partial charge < -0.3 is 10.6 Å². The first kappa shape index (κ1) is 16.6. The van der Waals surface area contributed by atoms with Crippen LogP contribution >= 0.6 is 27.5 Å². The molecule has 5 heteroatoms. The summed E-state index contributed by atoms with van der Waals surface area (Å²) >= 11 is 9.54. The monoisotopic (exact) mass is 371 g/mol. The van der Waals surface area contributed by atoms with Crippen LogP contribution in [0.25, 0.3) is 0 Å². The highest BCUT2D eigenvalue weighted by Crippen LogP contribution is 2.30. The Kier molecular flexibility index (Phi) is 6.37. The largest absolute Gasteiger partial charge is 0.370 e. The Morgan fingerprint density at radius 3 is 2.81 bits per heavy atom. The van der Waals surface area contributed by atoms with Crippen molar-refractivity contribution in [3.63, 3.8) is 0 Å². The Morgan fingerprint density at radius 1 is 1.33 bits per heavy atom. The van der Waals surface area contributed by atoms with Crippen LogP contribution in [0.5, 0.6) is 0 Å². The van der Waals surface area contributed by atoms with Crippen LogP contribution in [0.15, 0.2) is 27.7 Å². The SMILES string of the molecule is CCCCCCCC1CN=C(N)N1c1ccc(Cl)c(Br)c1. The highest BCUT2D eigenvalue weighted by Gasteiger charge is 2.27. The predicted octanol–water partition coefficient (Wildman–Crippen LogP) is 4.97. The summed E-state index contributed by atoms with van der Waals surface area (Å²) in [4.78, 5) is 6.55. The molecule has 0 radical (unpaired) electrons. The number of unbranched alkanes of at least 4 members (excludes halogenated alkanes) is 4. The topological polar surface area (TPSA) is 41.6 Å². The number of guanidine groups is 1. The molecular formula is C16H23BrClN3. The molecule has 1 aliphatic heterocycles. The maximum absolute atomic E-state index is 6.07. The number of benzene rings is 1. The summed E-state index contributed by atoms with van der Waals surface area (Å²) in [5, 5.41) is 0.713. The van der Waals surface area contributed by atoms with E-state index < -0.39 is 0 Å². The maximum atomic E-state index is 6.07. The van der Waals surface area contributed by atoms with Gasteiger partial charge in [0.1, 0.15) is 0 Å². The van der Waals surface area contributed by atoms with Crippen LogP contribution in [0.4, 0.5) is 5.69 Å². The molecule has 2 N–H and O–H groups in total. The number of anilines is 1. The summed E-state index contributed by atoms with van der Waals surface area (Å²) < 4.78 is 0.892. The number of hydrogen-bond donors (Lipinski definition) is 1. The van der Waals surface area contributed by atoms with Crippen LogP contribution in [0.3, 0.4) is 0 Å². The molecular weight excluding hydrogens is 350 g/mol. The van der Waals surface area contributed by atoms with Gasteiger partial charge in [-0.3, -0.25) is 4.99 Å². The molecule has 0 spiro atoms. The highest BCUT2D eigenvalue weighted by atomic mass is 79.9. The number of hydrogen-bond acceptors (Lipinski definition) is 3. The summed E-state index contributed by atoms with van der Waals surface area (Å²) in [6.07, 6.45) is 7.60. The van der Waals surface area contributed by atoms with Gasteiger partial charge in [-0.05, 0) is 40.5 Å². The number of halogens is 2. The lowest BCUT2D eigenvalue weighted by atomic mass is 10.1. The molecule has 0 saturated carbocycles. The van der Waals surface area contributed by atoms with Gasteiger partial charge in [0.15, 0.2) is 5.96 Å². The number of aliphatic imine (C=N–C) groups is 1. The average Bonchev–Trinajstić information content (AvgIpc) is 2.83. The van der Waals surface area contributed by atoms with Crippen LogP contribution in [0, 0.1) is 0 Å². The molecule has 21 heavy (non-hydrogen) atoms. The fourth-order valence-corrected chi connectivity index (χ4v) is 3.21. The summed E-state index contributed by atoms with van der Waals surface area (Å²) in [7, 11) is 0. The molecule has 0 saturated heterocycles. The average molecular weight is 373 g/mol. The van der Waals surface area contributed by atoms with E-state index in [9.17, 15) is 0 Å². The lowest BCUT2D eigenvalue weighted by molar-refractivity contribution is 0.555. The fourth-order valence-electron chi connectivity index (χ4n) is 2.73. The molecule has 0 fully saturated rings. The molecule has 116 valence electrons. The highest BCUT2D eigenvalue weighted by molar-refractivity contribution is 9.10. The molecule has 0 bridgehead atoms. The second kappa shape index (κ2) is 8.04. The van der Waals surface area contributed by atoms with Crippen molar-refractivity contribution in [2.45, 2.75) is 51.5 Å². The molecule has 1 atom stereocenters. The van der Waals surface area contributed by atoms with Crippen LogP contribution in [0.2, 0.25) is 5.02 Å². The van der Waals surface area contributed by atoms with Crippen molar-refractivity contribution in [2.75, 3.05) is 11.4 Å². The van der Waals surface area contributed by atoms with Gasteiger partial charge in [-0.2, -0.15) is 0 Å². The van der Waals surface area contributed by atoms with E-state index in [1.54, 1.807) is 0 Å². The van der Waals surface area contributed by atoms with Crippen molar-refractivity contribution >= 4 is 39.2 Å². The molecule has 0 aromatic heterocycles. The minimum absolute atomic E-state index is 0.375. The molecule has 1 unspecified atom stereocenters. The molecule has 0 aliphatic carbocycles. The Morgan fingerprint density at radius 2 is 2.10 bits per heavy atom. The third-order valence-corrected chi connectivity index (χ3v) is 5.11. The van der Waals surface area contributed by atoms with Crippen molar-refractivity contribution in [3.8, 4) is 0 Å². The normalized spacial score (nSPS) is 18.1. The second-order valence-electron chi connectivity index (χ2n) is 5.52. The zero-order valence-corrected chi connectivity index (χ0v) is 14.8. The second-order valence-corrected chi connectivity index (χ2v) is 6.79. The minimum atomic E-state index is 0.375. The van der Waals surface area contributed by atoms with E-state index in [1.165, 1.54) is 32.1 Å². The lowest BCUT2D eigenvalue weighted by Crippen LogP contribution is -2.40. The third kappa shape index (κ3) is 4.36. The number of nitrogens with zero attached hydrogens (tertiary/aromatic N) is 2. The number of nitrogens with two attached hydrogens (primary N) is 1. The molecule has 1 aliphatic rings. The minimum Gasteiger partial charge on any atom is -0.370 e. The van der Waals surface area contributed by atoms with Gasteiger partial charge in [0.05, 0.1) is 17.6 Å². The van der Waals surface area contributed by atoms with Gasteiger partial charge in [0.2, 0.25) is 0 Å². The predicted molar refractivity (Wildman–Crippen MR) is 95.3 cm³/mol. The van der Waals surface area contributed by atoms with Crippen LogP contribution in [-0.2, 0) is 0 Å². The van der Waals surface area contributed by atoms with Gasteiger partial charge in [0, 0.05) is 10.2 Å². The Balaban J connectivity index is 1.97. The van der Waals surface area contributed by atoms with Crippen molar-refractivity contribution in [1.29, 1.82) is 0 Å². The van der Waals surface area contributed by atoms with Crippen molar-refractivity contribution in [3.05, 3.63) is 27.7 Å². The van der Waals surface area contributed by atoms with E-state index in [4.69, 9.17) is 17.3 Å². The van der Waals surface area contributed by atoms with E-state index in [-0.39, 0.29) is 0 Å². The lowest BCUT2D eigenvalue weighted by Gasteiger charge is -2.26. The van der Waals surface area contributed by atoms with Gasteiger partial charge >= 0.3 is 0 Å². The van der Waals surface area contributed by atoms with Gasteiger partial charge in [-0.1, -0.05) is 50.6 Å². The Labute approximate surface area is 140 Å². The smallest absolute Gasteiger partial charge is 0.196 e. The van der Waals surface area contributed by atoms with Crippen LogP contribution in [0.1, 0.15) is 45.4 Å². The molecule has 1 heterocycles. The molecule has 3 nitrogen and oxygen atoms in total. The van der Waals surface area contributed by atoms with E-state index in [2.05, 4.69) is 32.7 Å². The standard InChI is InChI=1S/C16H23BrClN3/c1-2-3-4-5-6-7-13-11-20-16(19)21(13)12-8-9-15(18)14(17)10-12/h8-10,13H,2-7,11H2,1H3,(H2,19,20). The molecule has 1 aromatic carbocycles. The Bertz CT molecular complexity index is 504. The Hall–Kier alpha value is -0.740. The van der Waals surface area contributed by atoms with Gasteiger partial charge in [-0.25, -0.2) is 0 Å². The quantitative estimate of drug-likeness (QED) is 0.687. The van der Waals surface area contributed by atoms with Gasteiger partial charge in [0.25, 0.3) is 0 Å². The summed E-state index contributed by atoms with van der Waals surface area (Å²) in [5.41, 5.74) is 7.13. The first-order chi connectivity index (χ1) is 10.1. The summed E-state index contributed by atoms with van der Waals surface area (Å²) in [6.45, 7) is 3.03. The van der Waals surface area contributed by atoms with Crippen LogP contribution < -0.4 is 10.6 Å². The molecule has 2 rings (SSSR count). The first-order valence-electron chi connectivity index (χ1n) is 7.67. The maximum Gasteiger partial charge on any atom is 0.196 e. The molecule has 1 aromatic rings. The zero-order valence-electron chi connectivity index (χ0n) is 12.5.